The molecule has 4 nitrogen and oxygen atoms in total. The molecule has 100 valence electrons. The number of hydrogen-bond acceptors (Lipinski definition) is 3. The van der Waals surface area contributed by atoms with Crippen molar-refractivity contribution in [1.29, 1.82) is 0 Å². The number of aryl methyl sites for hydroxylation is 1. The van der Waals surface area contributed by atoms with Gasteiger partial charge in [0.05, 0.1) is 11.3 Å². The number of para-hydroxylation sites is 1. The molecule has 1 aromatic heterocycles. The van der Waals surface area contributed by atoms with Crippen molar-refractivity contribution in [1.82, 2.24) is 4.98 Å². The van der Waals surface area contributed by atoms with E-state index in [-0.39, 0.29) is 11.7 Å². The summed E-state index contributed by atoms with van der Waals surface area (Å²) in [5.41, 5.74) is 2.59. The van der Waals surface area contributed by atoms with Crippen molar-refractivity contribution in [3.8, 4) is 0 Å². The summed E-state index contributed by atoms with van der Waals surface area (Å²) in [7, 11) is 0. The first-order chi connectivity index (χ1) is 9.68. The number of hydrogen-bond donors (Lipinski definition) is 0. The second kappa shape index (κ2) is 4.89. The summed E-state index contributed by atoms with van der Waals surface area (Å²) < 4.78 is 0. The Morgan fingerprint density at radius 2 is 2.00 bits per heavy atom. The van der Waals surface area contributed by atoms with Crippen LogP contribution in [-0.2, 0) is 0 Å². The average Bonchev–Trinajstić information content (AvgIpc) is 2.48. The molecule has 0 aliphatic carbocycles. The summed E-state index contributed by atoms with van der Waals surface area (Å²) in [6.07, 6.45) is 2.03. The van der Waals surface area contributed by atoms with Gasteiger partial charge in [-0.1, -0.05) is 12.1 Å². The highest BCUT2D eigenvalue weighted by Crippen LogP contribution is 2.28. The Bertz CT molecular complexity index is 694. The van der Waals surface area contributed by atoms with Gasteiger partial charge in [0, 0.05) is 30.4 Å². The average molecular weight is 266 g/mol. The number of amides is 1. The molecule has 4 heteroatoms. The van der Waals surface area contributed by atoms with Crippen molar-refractivity contribution in [2.45, 2.75) is 13.3 Å². The van der Waals surface area contributed by atoms with Gasteiger partial charge in [0.15, 0.2) is 5.78 Å². The lowest BCUT2D eigenvalue weighted by Gasteiger charge is -2.29. The third kappa shape index (κ3) is 1.99. The molecule has 3 rings (SSSR count). The van der Waals surface area contributed by atoms with E-state index < -0.39 is 0 Å². The predicted octanol–water partition coefficient (Wildman–Crippen LogP) is 2.62. The maximum atomic E-state index is 12.7. The van der Waals surface area contributed by atoms with Crippen LogP contribution in [0.5, 0.6) is 0 Å². The molecule has 20 heavy (non-hydrogen) atoms. The molecule has 0 unspecified atom stereocenters. The van der Waals surface area contributed by atoms with Gasteiger partial charge in [-0.25, -0.2) is 0 Å². The van der Waals surface area contributed by atoms with Crippen LogP contribution in [0.3, 0.4) is 0 Å². The zero-order valence-electron chi connectivity index (χ0n) is 11.2. The summed E-state index contributed by atoms with van der Waals surface area (Å²) in [5.74, 6) is -0.0110. The van der Waals surface area contributed by atoms with Crippen molar-refractivity contribution < 1.29 is 9.59 Å². The smallest absolute Gasteiger partial charge is 0.260 e. The Morgan fingerprint density at radius 1 is 1.20 bits per heavy atom. The Labute approximate surface area is 117 Å². The Balaban J connectivity index is 2.04. The molecular formula is C16H14N2O2. The summed E-state index contributed by atoms with van der Waals surface area (Å²) in [4.78, 5) is 30.4. The molecule has 1 amide bonds. The lowest BCUT2D eigenvalue weighted by molar-refractivity contribution is 0.0954. The quantitative estimate of drug-likeness (QED) is 0.797. The van der Waals surface area contributed by atoms with E-state index in [2.05, 4.69) is 4.98 Å². The number of fused-ring (bicyclic) bond motifs is 1. The first-order valence-electron chi connectivity index (χ1n) is 6.54. The highest BCUT2D eigenvalue weighted by molar-refractivity contribution is 6.13. The third-order valence-corrected chi connectivity index (χ3v) is 3.54. The molecule has 1 aliphatic heterocycles. The fourth-order valence-corrected chi connectivity index (χ4v) is 2.48. The minimum absolute atomic E-state index is 0.0903. The molecule has 0 spiro atoms. The number of anilines is 1. The van der Waals surface area contributed by atoms with Gasteiger partial charge in [0.2, 0.25) is 0 Å². The second-order valence-electron chi connectivity index (χ2n) is 4.78. The Hall–Kier alpha value is -2.49. The molecular weight excluding hydrogens is 252 g/mol. The van der Waals surface area contributed by atoms with Crippen LogP contribution >= 0.6 is 0 Å². The van der Waals surface area contributed by atoms with Gasteiger partial charge in [-0.05, 0) is 31.2 Å². The van der Waals surface area contributed by atoms with Crippen molar-refractivity contribution in [3.63, 3.8) is 0 Å². The van der Waals surface area contributed by atoms with Gasteiger partial charge in [-0.15, -0.1) is 0 Å². The number of nitrogens with zero attached hydrogens (tertiary/aromatic N) is 2. The third-order valence-electron chi connectivity index (χ3n) is 3.54. The summed E-state index contributed by atoms with van der Waals surface area (Å²) in [5, 5.41) is 0. The first kappa shape index (κ1) is 12.5. The van der Waals surface area contributed by atoms with Gasteiger partial charge in [0.25, 0.3) is 5.91 Å². The maximum absolute atomic E-state index is 12.7. The fraction of sp³-hybridized carbons (Fsp3) is 0.188. The standard InChI is InChI=1S/C16H14N2O2/c1-11-12(6-4-9-17-11)16(20)18-10-8-15(19)13-5-2-3-7-14(13)18/h2-7,9H,8,10H2,1H3. The number of carbonyl (C=O) groups is 2. The summed E-state index contributed by atoms with van der Waals surface area (Å²) in [6.45, 7) is 2.23. The predicted molar refractivity (Wildman–Crippen MR) is 76.0 cm³/mol. The Kier molecular flexibility index (Phi) is 3.06. The molecule has 0 saturated carbocycles. The number of Topliss-reactive ketones (excluding diaryl/α,β-unsaturated/α-hetero) is 1. The van der Waals surface area contributed by atoms with E-state index >= 15 is 0 Å². The first-order valence-corrected chi connectivity index (χ1v) is 6.54. The zero-order chi connectivity index (χ0) is 14.1. The van der Waals surface area contributed by atoms with Gasteiger partial charge < -0.3 is 4.90 Å². The van der Waals surface area contributed by atoms with Gasteiger partial charge >= 0.3 is 0 Å². The number of rotatable bonds is 1. The monoisotopic (exact) mass is 266 g/mol. The molecule has 0 bridgehead atoms. The second-order valence-corrected chi connectivity index (χ2v) is 4.78. The Morgan fingerprint density at radius 3 is 2.80 bits per heavy atom. The SMILES string of the molecule is Cc1ncccc1C(=O)N1CCC(=O)c2ccccc21. The van der Waals surface area contributed by atoms with E-state index in [1.54, 1.807) is 29.3 Å². The minimum atomic E-state index is -0.101. The van der Waals surface area contributed by atoms with Crippen LogP contribution < -0.4 is 4.90 Å². The van der Waals surface area contributed by atoms with Crippen molar-refractivity contribution in [2.75, 3.05) is 11.4 Å². The van der Waals surface area contributed by atoms with E-state index in [1.807, 2.05) is 25.1 Å². The van der Waals surface area contributed by atoms with Crippen LogP contribution in [0.15, 0.2) is 42.6 Å². The molecule has 1 aromatic carbocycles. The molecule has 0 saturated heterocycles. The van der Waals surface area contributed by atoms with Gasteiger partial charge in [-0.3, -0.25) is 14.6 Å². The topological polar surface area (TPSA) is 50.3 Å². The lowest BCUT2D eigenvalue weighted by Crippen LogP contribution is -2.37. The lowest BCUT2D eigenvalue weighted by atomic mass is 9.99. The van der Waals surface area contributed by atoms with Crippen molar-refractivity contribution >= 4 is 17.4 Å². The molecule has 2 aromatic rings. The normalized spacial score (nSPS) is 14.1. The van der Waals surface area contributed by atoms with Crippen molar-refractivity contribution in [2.24, 2.45) is 0 Å². The molecule has 0 fully saturated rings. The van der Waals surface area contributed by atoms with Crippen LogP contribution in [0.4, 0.5) is 5.69 Å². The van der Waals surface area contributed by atoms with Crippen LogP contribution in [0, 0.1) is 6.92 Å². The highest BCUT2D eigenvalue weighted by atomic mass is 16.2. The van der Waals surface area contributed by atoms with Crippen molar-refractivity contribution in [3.05, 3.63) is 59.4 Å². The minimum Gasteiger partial charge on any atom is -0.307 e. The molecule has 0 N–H and O–H groups in total. The van der Waals surface area contributed by atoms with E-state index in [4.69, 9.17) is 0 Å². The number of benzene rings is 1. The summed E-state index contributed by atoms with van der Waals surface area (Å²) >= 11 is 0. The molecule has 2 heterocycles. The van der Waals surface area contributed by atoms with Gasteiger partial charge in [0.1, 0.15) is 0 Å². The van der Waals surface area contributed by atoms with E-state index in [0.29, 0.717) is 35.5 Å². The molecule has 0 atom stereocenters. The number of ketones is 1. The molecule has 1 aliphatic rings. The number of pyridine rings is 1. The van der Waals surface area contributed by atoms with E-state index in [9.17, 15) is 9.59 Å². The fourth-order valence-electron chi connectivity index (χ4n) is 2.48. The van der Waals surface area contributed by atoms with Crippen LogP contribution in [0.1, 0.15) is 32.8 Å². The number of carbonyl (C=O) groups excluding carboxylic acids is 2. The molecule has 0 radical (unpaired) electrons. The van der Waals surface area contributed by atoms with Gasteiger partial charge in [-0.2, -0.15) is 0 Å². The van der Waals surface area contributed by atoms with Crippen LogP contribution in [-0.4, -0.2) is 23.2 Å². The highest BCUT2D eigenvalue weighted by Gasteiger charge is 2.28. The zero-order valence-corrected chi connectivity index (χ0v) is 11.2. The number of aromatic nitrogens is 1. The maximum Gasteiger partial charge on any atom is 0.260 e. The van der Waals surface area contributed by atoms with Crippen LogP contribution in [0.25, 0.3) is 0 Å². The van der Waals surface area contributed by atoms with E-state index in [0.717, 1.165) is 0 Å². The van der Waals surface area contributed by atoms with Crippen LogP contribution in [0.2, 0.25) is 0 Å². The largest absolute Gasteiger partial charge is 0.307 e. The van der Waals surface area contributed by atoms with E-state index in [1.165, 1.54) is 0 Å². The summed E-state index contributed by atoms with van der Waals surface area (Å²) in [6, 6.07) is 10.8.